The molecule has 3 nitrogen and oxygen atoms in total. The summed E-state index contributed by atoms with van der Waals surface area (Å²) in [4.78, 5) is 0. The highest BCUT2D eigenvalue weighted by Gasteiger charge is 2.07. The van der Waals surface area contributed by atoms with Crippen LogP contribution in [0.1, 0.15) is 36.1 Å². The second-order valence-corrected chi connectivity index (χ2v) is 10.5. The van der Waals surface area contributed by atoms with E-state index in [0.29, 0.717) is 5.54 Å². The summed E-state index contributed by atoms with van der Waals surface area (Å²) in [6, 6.07) is 18.2. The minimum Gasteiger partial charge on any atom is -0.549 e. The van der Waals surface area contributed by atoms with Gasteiger partial charge in [-0.3, -0.25) is 0 Å². The van der Waals surface area contributed by atoms with Crippen LogP contribution >= 0.6 is 0 Å². The van der Waals surface area contributed by atoms with Crippen molar-refractivity contribution < 1.29 is 13.9 Å². The summed E-state index contributed by atoms with van der Waals surface area (Å²) in [6.07, 6.45) is 0. The van der Waals surface area contributed by atoms with Crippen LogP contribution < -0.4 is 13.9 Å². The van der Waals surface area contributed by atoms with Crippen LogP contribution in [0, 0.1) is 27.7 Å². The molecule has 0 fully saturated rings. The summed E-state index contributed by atoms with van der Waals surface area (Å²) in [5.74, 6) is 4.02. The quantitative estimate of drug-likeness (QED) is 0.404. The third kappa shape index (κ3) is 6.40. The fourth-order valence-corrected chi connectivity index (χ4v) is 3.91. The van der Waals surface area contributed by atoms with Crippen molar-refractivity contribution in [3.8, 4) is 28.7 Å². The molecule has 4 heteroatoms. The van der Waals surface area contributed by atoms with Gasteiger partial charge < -0.3 is 13.9 Å². The van der Waals surface area contributed by atoms with E-state index in [0.717, 1.165) is 39.9 Å². The monoisotopic (exact) mass is 406 g/mol. The van der Waals surface area contributed by atoms with Crippen LogP contribution in [0.4, 0.5) is 0 Å². The van der Waals surface area contributed by atoms with E-state index >= 15 is 0 Å². The minimum absolute atomic E-state index is 0.583. The summed E-state index contributed by atoms with van der Waals surface area (Å²) < 4.78 is 18.3. The Morgan fingerprint density at radius 3 is 1.31 bits per heavy atom. The van der Waals surface area contributed by atoms with Crippen molar-refractivity contribution >= 4 is 9.76 Å². The molecule has 0 saturated heterocycles. The van der Waals surface area contributed by atoms with Gasteiger partial charge in [-0.2, -0.15) is 0 Å². The number of rotatable bonds is 7. The van der Waals surface area contributed by atoms with Crippen molar-refractivity contribution in [1.29, 1.82) is 0 Å². The lowest BCUT2D eigenvalue weighted by molar-refractivity contribution is 0.457. The molecule has 152 valence electrons. The summed E-state index contributed by atoms with van der Waals surface area (Å²) in [6.45, 7) is 12.6. The first kappa shape index (κ1) is 21.0. The first-order chi connectivity index (χ1) is 13.8. The Labute approximate surface area is 176 Å². The normalized spacial score (nSPS) is 11.3. The molecule has 0 bridgehead atoms. The van der Waals surface area contributed by atoms with Crippen molar-refractivity contribution in [3.05, 3.63) is 76.9 Å². The van der Waals surface area contributed by atoms with Gasteiger partial charge in [-0.25, -0.2) is 0 Å². The molecule has 0 radical (unpaired) electrons. The Balaban J connectivity index is 1.81. The van der Waals surface area contributed by atoms with Crippen molar-refractivity contribution in [1.82, 2.24) is 0 Å². The average Bonchev–Trinajstić information content (AvgIpc) is 2.58. The van der Waals surface area contributed by atoms with Gasteiger partial charge in [0.2, 0.25) is 9.76 Å². The van der Waals surface area contributed by atoms with Gasteiger partial charge in [0, 0.05) is 12.1 Å². The molecule has 0 aliphatic carbocycles. The van der Waals surface area contributed by atoms with Gasteiger partial charge in [-0.05, 0) is 91.9 Å². The van der Waals surface area contributed by atoms with E-state index in [9.17, 15) is 0 Å². The Hall–Kier alpha value is -2.72. The maximum Gasteiger partial charge on any atom is 0.222 e. The molecule has 0 unspecified atom stereocenters. The molecule has 0 saturated carbocycles. The van der Waals surface area contributed by atoms with Crippen LogP contribution in [0.15, 0.2) is 54.6 Å². The second kappa shape index (κ2) is 9.18. The summed E-state index contributed by atoms with van der Waals surface area (Å²) in [5.41, 5.74) is 5.18. The maximum absolute atomic E-state index is 6.17. The SMILES string of the molecule is Cc1cc(C)cc(Oc2cc(C)cc(Oc3cc(C)cc(O[SiH2]C(C)C)c3)c2)c1. The Kier molecular flexibility index (Phi) is 6.65. The van der Waals surface area contributed by atoms with Crippen LogP contribution in [0.25, 0.3) is 0 Å². The second-order valence-electron chi connectivity index (χ2n) is 8.20. The van der Waals surface area contributed by atoms with Crippen LogP contribution in [0.2, 0.25) is 5.54 Å². The molecular weight excluding hydrogens is 376 g/mol. The average molecular weight is 407 g/mol. The van der Waals surface area contributed by atoms with E-state index in [4.69, 9.17) is 13.9 Å². The Bertz CT molecular complexity index is 975. The van der Waals surface area contributed by atoms with Crippen molar-refractivity contribution in [2.75, 3.05) is 0 Å². The number of hydrogen-bond acceptors (Lipinski definition) is 3. The molecule has 3 aromatic carbocycles. The highest BCUT2D eigenvalue weighted by molar-refractivity contribution is 6.30. The zero-order valence-corrected chi connectivity index (χ0v) is 19.6. The van der Waals surface area contributed by atoms with Gasteiger partial charge in [0.25, 0.3) is 0 Å². The number of aryl methyl sites for hydroxylation is 4. The molecule has 0 aliphatic rings. The van der Waals surface area contributed by atoms with Crippen molar-refractivity contribution in [3.63, 3.8) is 0 Å². The van der Waals surface area contributed by atoms with Gasteiger partial charge >= 0.3 is 0 Å². The minimum atomic E-state index is -0.583. The van der Waals surface area contributed by atoms with E-state index in [2.05, 4.69) is 46.8 Å². The predicted octanol–water partition coefficient (Wildman–Crippen LogP) is 6.80. The highest BCUT2D eigenvalue weighted by Crippen LogP contribution is 2.32. The van der Waals surface area contributed by atoms with E-state index in [1.54, 1.807) is 0 Å². The largest absolute Gasteiger partial charge is 0.549 e. The number of benzene rings is 3. The Morgan fingerprint density at radius 1 is 0.517 bits per heavy atom. The van der Waals surface area contributed by atoms with E-state index in [1.807, 2.05) is 49.4 Å². The fraction of sp³-hybridized carbons (Fsp3) is 0.280. The topological polar surface area (TPSA) is 27.7 Å². The van der Waals surface area contributed by atoms with Crippen molar-refractivity contribution in [2.24, 2.45) is 0 Å². The third-order valence-electron chi connectivity index (χ3n) is 4.30. The first-order valence-electron chi connectivity index (χ1n) is 10.1. The standard InChI is InChI=1S/C25H30O3Si/c1-16(2)29-28-25-13-20(6)12-24(15-25)27-23-11-19(5)10-22(14-23)26-21-8-17(3)7-18(4)9-21/h7-16H,29H2,1-6H3. The zero-order valence-electron chi connectivity index (χ0n) is 18.2. The van der Waals surface area contributed by atoms with Gasteiger partial charge in [0.1, 0.15) is 28.7 Å². The van der Waals surface area contributed by atoms with E-state index < -0.39 is 9.76 Å². The fourth-order valence-electron chi connectivity index (χ4n) is 3.21. The summed E-state index contributed by atoms with van der Waals surface area (Å²) in [5, 5.41) is 0. The van der Waals surface area contributed by atoms with Gasteiger partial charge in [-0.1, -0.05) is 19.9 Å². The van der Waals surface area contributed by atoms with Crippen LogP contribution in [0.5, 0.6) is 28.7 Å². The first-order valence-corrected chi connectivity index (χ1v) is 11.5. The molecule has 0 heterocycles. The summed E-state index contributed by atoms with van der Waals surface area (Å²) in [7, 11) is -0.583. The number of ether oxygens (including phenoxy) is 2. The van der Waals surface area contributed by atoms with Gasteiger partial charge in [0.15, 0.2) is 0 Å². The molecule has 0 aliphatic heterocycles. The zero-order chi connectivity index (χ0) is 21.0. The molecule has 3 rings (SSSR count). The molecule has 0 atom stereocenters. The Morgan fingerprint density at radius 2 is 0.862 bits per heavy atom. The third-order valence-corrected chi connectivity index (χ3v) is 5.47. The maximum atomic E-state index is 6.17. The smallest absolute Gasteiger partial charge is 0.222 e. The lowest BCUT2D eigenvalue weighted by Gasteiger charge is -2.14. The lowest BCUT2D eigenvalue weighted by atomic mass is 10.1. The van der Waals surface area contributed by atoms with E-state index in [-0.39, 0.29) is 0 Å². The highest BCUT2D eigenvalue weighted by atomic mass is 28.2. The van der Waals surface area contributed by atoms with Gasteiger partial charge in [0.05, 0.1) is 0 Å². The molecule has 0 amide bonds. The molecule has 0 spiro atoms. The molecular formula is C25H30O3Si. The molecule has 0 aromatic heterocycles. The van der Waals surface area contributed by atoms with E-state index in [1.165, 1.54) is 11.1 Å². The van der Waals surface area contributed by atoms with Crippen molar-refractivity contribution in [2.45, 2.75) is 47.1 Å². The van der Waals surface area contributed by atoms with Gasteiger partial charge in [-0.15, -0.1) is 0 Å². The lowest BCUT2D eigenvalue weighted by Crippen LogP contribution is -2.05. The molecule has 0 N–H and O–H groups in total. The number of hydrogen-bond donors (Lipinski definition) is 0. The van der Waals surface area contributed by atoms with Crippen LogP contribution in [-0.4, -0.2) is 9.76 Å². The van der Waals surface area contributed by atoms with Crippen LogP contribution in [-0.2, 0) is 0 Å². The van der Waals surface area contributed by atoms with Crippen LogP contribution in [0.3, 0.4) is 0 Å². The summed E-state index contributed by atoms with van der Waals surface area (Å²) >= 11 is 0. The molecule has 29 heavy (non-hydrogen) atoms. The molecule has 3 aromatic rings. The predicted molar refractivity (Wildman–Crippen MR) is 123 cm³/mol.